The lowest BCUT2D eigenvalue weighted by molar-refractivity contribution is 1.01. The number of allylic oxidation sites excluding steroid dienone is 3. The van der Waals surface area contributed by atoms with Gasteiger partial charge in [-0.2, -0.15) is 0 Å². The number of hydrogen-bond acceptors (Lipinski definition) is 2. The third kappa shape index (κ3) is 5.82. The number of pyridine rings is 1. The number of halogens is 1. The number of aromatic nitrogens is 1. The molecule has 0 aromatic carbocycles. The molecular weight excluding hydrogens is 338 g/mol. The fourth-order valence-electron chi connectivity index (χ4n) is 1.68. The van der Waals surface area contributed by atoms with Crippen LogP contribution < -0.4 is 5.32 Å². The average Bonchev–Trinajstić information content (AvgIpc) is 2.50. The van der Waals surface area contributed by atoms with Crippen LogP contribution in [0.5, 0.6) is 0 Å². The Balaban J connectivity index is 3.10. The predicted molar refractivity (Wildman–Crippen MR) is 99.0 cm³/mol. The van der Waals surface area contributed by atoms with Gasteiger partial charge in [-0.05, 0) is 50.3 Å². The zero-order valence-electron chi connectivity index (χ0n) is 13.4. The molecule has 0 saturated carbocycles. The van der Waals surface area contributed by atoms with Gasteiger partial charge in [-0.25, -0.2) is 0 Å². The van der Waals surface area contributed by atoms with Crippen LogP contribution in [0.3, 0.4) is 0 Å². The Bertz CT molecular complexity index is 622. The first-order valence-corrected chi connectivity index (χ1v) is 7.80. The van der Waals surface area contributed by atoms with Gasteiger partial charge in [0.15, 0.2) is 0 Å². The van der Waals surface area contributed by atoms with Crippen LogP contribution in [0.2, 0.25) is 0 Å². The van der Waals surface area contributed by atoms with Gasteiger partial charge in [-0.15, -0.1) is 0 Å². The molecule has 0 saturated heterocycles. The van der Waals surface area contributed by atoms with Crippen LogP contribution in [0, 0.1) is 6.92 Å². The molecule has 4 heteroatoms. The van der Waals surface area contributed by atoms with Crippen LogP contribution >= 0.6 is 15.9 Å². The number of hydrogen-bond donors (Lipinski definition) is 1. The highest BCUT2D eigenvalue weighted by Crippen LogP contribution is 2.16. The van der Waals surface area contributed by atoms with Gasteiger partial charge in [0.05, 0.1) is 6.54 Å². The van der Waals surface area contributed by atoms with E-state index in [0.29, 0.717) is 6.54 Å². The van der Waals surface area contributed by atoms with Crippen LogP contribution in [0.1, 0.15) is 25.1 Å². The smallest absolute Gasteiger partial charge is 0.132 e. The minimum atomic E-state index is 0.543. The van der Waals surface area contributed by atoms with Crippen molar-refractivity contribution in [3.05, 3.63) is 76.7 Å². The second-order valence-corrected chi connectivity index (χ2v) is 5.75. The van der Waals surface area contributed by atoms with E-state index in [1.54, 1.807) is 6.20 Å². The Morgan fingerprint density at radius 3 is 2.68 bits per heavy atom. The highest BCUT2D eigenvalue weighted by Gasteiger charge is 2.07. The summed E-state index contributed by atoms with van der Waals surface area (Å²) in [7, 11) is 0. The van der Waals surface area contributed by atoms with Crippen LogP contribution in [-0.2, 0) is 6.54 Å². The van der Waals surface area contributed by atoms with E-state index >= 15 is 0 Å². The molecule has 0 amide bonds. The standard InChI is InChI=1S/C18H22BrN3/c1-6-16(19)10-17(13(3)4)18(20-7-2)22-12-15-9-8-14(5)21-11-15/h6-11H,2-3,12H2,1,4-5H3,(H,20,22)/b16-6+,17-10+. The van der Waals surface area contributed by atoms with Crippen LogP contribution in [0.4, 0.5) is 0 Å². The molecule has 1 heterocycles. The molecule has 1 aromatic rings. The summed E-state index contributed by atoms with van der Waals surface area (Å²) in [6.45, 7) is 14.2. The van der Waals surface area contributed by atoms with Crippen molar-refractivity contribution in [2.45, 2.75) is 27.3 Å². The molecule has 0 aliphatic heterocycles. The summed E-state index contributed by atoms with van der Waals surface area (Å²) < 4.78 is 0.973. The Labute approximate surface area is 141 Å². The highest BCUT2D eigenvalue weighted by molar-refractivity contribution is 9.11. The van der Waals surface area contributed by atoms with Crippen molar-refractivity contribution >= 4 is 21.8 Å². The van der Waals surface area contributed by atoms with Crippen molar-refractivity contribution in [1.82, 2.24) is 10.3 Å². The van der Waals surface area contributed by atoms with Gasteiger partial charge in [0.25, 0.3) is 0 Å². The molecular formula is C18H22BrN3. The number of nitrogens with zero attached hydrogens (tertiary/aromatic N) is 2. The van der Waals surface area contributed by atoms with Crippen molar-refractivity contribution in [1.29, 1.82) is 0 Å². The summed E-state index contributed by atoms with van der Waals surface area (Å²) in [5.74, 6) is 0.738. The van der Waals surface area contributed by atoms with E-state index < -0.39 is 0 Å². The molecule has 0 aliphatic carbocycles. The zero-order valence-corrected chi connectivity index (χ0v) is 14.9. The lowest BCUT2D eigenvalue weighted by atomic mass is 10.1. The third-order valence-corrected chi connectivity index (χ3v) is 3.59. The highest BCUT2D eigenvalue weighted by atomic mass is 79.9. The second-order valence-electron chi connectivity index (χ2n) is 4.83. The minimum absolute atomic E-state index is 0.543. The van der Waals surface area contributed by atoms with E-state index in [-0.39, 0.29) is 0 Å². The number of nitrogens with one attached hydrogen (secondary N) is 1. The number of amidine groups is 1. The molecule has 0 aliphatic rings. The van der Waals surface area contributed by atoms with E-state index in [9.17, 15) is 0 Å². The summed E-state index contributed by atoms with van der Waals surface area (Å²) in [5.41, 5.74) is 3.91. The fraction of sp³-hybridized carbons (Fsp3) is 0.222. The SMILES string of the molecule is C=CNC(=NCc1ccc(C)nc1)/C(=C/C(Br)=C\C)C(=C)C. The normalized spacial score (nSPS) is 13.0. The molecule has 1 rings (SSSR count). The first kappa shape index (κ1) is 18.1. The Morgan fingerprint density at radius 2 is 2.18 bits per heavy atom. The molecule has 0 spiro atoms. The quantitative estimate of drug-likeness (QED) is 0.449. The summed E-state index contributed by atoms with van der Waals surface area (Å²) >= 11 is 3.49. The first-order valence-electron chi connectivity index (χ1n) is 7.01. The average molecular weight is 360 g/mol. The first-order chi connectivity index (χ1) is 10.5. The monoisotopic (exact) mass is 359 g/mol. The molecule has 3 nitrogen and oxygen atoms in total. The van der Waals surface area contributed by atoms with Gasteiger partial charge in [-0.3, -0.25) is 9.98 Å². The van der Waals surface area contributed by atoms with Crippen molar-refractivity contribution in [3.8, 4) is 0 Å². The van der Waals surface area contributed by atoms with Crippen LogP contribution in [-0.4, -0.2) is 10.8 Å². The fourth-order valence-corrected chi connectivity index (χ4v) is 1.91. The van der Waals surface area contributed by atoms with Gasteiger partial charge in [-0.1, -0.05) is 41.2 Å². The van der Waals surface area contributed by atoms with E-state index in [4.69, 9.17) is 0 Å². The van der Waals surface area contributed by atoms with Crippen molar-refractivity contribution in [2.24, 2.45) is 4.99 Å². The van der Waals surface area contributed by atoms with Crippen molar-refractivity contribution < 1.29 is 0 Å². The summed E-state index contributed by atoms with van der Waals surface area (Å²) in [6, 6.07) is 4.01. The number of rotatable bonds is 6. The maximum absolute atomic E-state index is 4.64. The maximum Gasteiger partial charge on any atom is 0.132 e. The summed E-state index contributed by atoms with van der Waals surface area (Å²) in [6.07, 6.45) is 7.42. The molecule has 0 fully saturated rings. The molecule has 1 aromatic heterocycles. The molecule has 1 N–H and O–H groups in total. The van der Waals surface area contributed by atoms with Crippen LogP contribution in [0.15, 0.2) is 70.5 Å². The van der Waals surface area contributed by atoms with Crippen molar-refractivity contribution in [2.75, 3.05) is 0 Å². The third-order valence-electron chi connectivity index (χ3n) is 2.90. The second kappa shape index (κ2) is 9.15. The number of aliphatic imine (C=N–C) groups is 1. The largest absolute Gasteiger partial charge is 0.347 e. The Kier molecular flexibility index (Phi) is 7.54. The predicted octanol–water partition coefficient (Wildman–Crippen LogP) is 4.82. The van der Waals surface area contributed by atoms with Gasteiger partial charge in [0, 0.05) is 21.9 Å². The molecule has 0 atom stereocenters. The maximum atomic E-state index is 4.64. The van der Waals surface area contributed by atoms with Gasteiger partial charge in [0.2, 0.25) is 0 Å². The number of aryl methyl sites for hydroxylation is 1. The zero-order chi connectivity index (χ0) is 16.5. The van der Waals surface area contributed by atoms with Crippen LogP contribution in [0.25, 0.3) is 0 Å². The van der Waals surface area contributed by atoms with E-state index in [0.717, 1.165) is 32.7 Å². The lowest BCUT2D eigenvalue weighted by Crippen LogP contribution is -2.20. The van der Waals surface area contributed by atoms with Gasteiger partial charge < -0.3 is 5.32 Å². The molecule has 116 valence electrons. The van der Waals surface area contributed by atoms with Crippen molar-refractivity contribution in [3.63, 3.8) is 0 Å². The topological polar surface area (TPSA) is 37.3 Å². The van der Waals surface area contributed by atoms with E-state index in [1.165, 1.54) is 0 Å². The Morgan fingerprint density at radius 1 is 1.45 bits per heavy atom. The minimum Gasteiger partial charge on any atom is -0.347 e. The molecule has 0 radical (unpaired) electrons. The Hall–Kier alpha value is -1.94. The lowest BCUT2D eigenvalue weighted by Gasteiger charge is -2.11. The van der Waals surface area contributed by atoms with E-state index in [2.05, 4.69) is 44.4 Å². The van der Waals surface area contributed by atoms with Gasteiger partial charge >= 0.3 is 0 Å². The van der Waals surface area contributed by atoms with Gasteiger partial charge in [0.1, 0.15) is 5.84 Å². The summed E-state index contributed by atoms with van der Waals surface area (Å²) in [5, 5.41) is 3.09. The summed E-state index contributed by atoms with van der Waals surface area (Å²) in [4.78, 5) is 8.93. The van der Waals surface area contributed by atoms with E-state index in [1.807, 2.05) is 51.3 Å². The molecule has 22 heavy (non-hydrogen) atoms. The molecule has 0 unspecified atom stereocenters. The molecule has 0 bridgehead atoms.